The van der Waals surface area contributed by atoms with E-state index >= 15 is 0 Å². The summed E-state index contributed by atoms with van der Waals surface area (Å²) in [4.78, 5) is 27.4. The van der Waals surface area contributed by atoms with Crippen LogP contribution in [-0.4, -0.2) is 62.9 Å². The lowest BCUT2D eigenvalue weighted by molar-refractivity contribution is -0.119. The monoisotopic (exact) mass is 428 g/mol. The topological polar surface area (TPSA) is 84.5 Å². The minimum absolute atomic E-state index is 0.0255. The first-order valence-corrected chi connectivity index (χ1v) is 10.7. The fourth-order valence-corrected chi connectivity index (χ4v) is 4.32. The smallest absolute Gasteiger partial charge is 0.263 e. The second-order valence-electron chi connectivity index (χ2n) is 8.31. The molecule has 0 aliphatic carbocycles. The van der Waals surface area contributed by atoms with E-state index in [9.17, 15) is 9.59 Å². The van der Waals surface area contributed by atoms with E-state index in [2.05, 4.69) is 40.8 Å². The molecule has 0 spiro atoms. The summed E-state index contributed by atoms with van der Waals surface area (Å²) in [5, 5.41) is 12.6. The van der Waals surface area contributed by atoms with Gasteiger partial charge in [-0.25, -0.2) is 0 Å². The van der Waals surface area contributed by atoms with Gasteiger partial charge in [-0.05, 0) is 31.6 Å². The van der Waals surface area contributed by atoms with Crippen LogP contribution in [0.3, 0.4) is 0 Å². The van der Waals surface area contributed by atoms with Crippen molar-refractivity contribution in [2.24, 2.45) is 5.41 Å². The predicted octanol–water partition coefficient (Wildman–Crippen LogP) is 2.03. The van der Waals surface area contributed by atoms with Crippen LogP contribution >= 0.6 is 11.8 Å². The number of amides is 1. The highest BCUT2D eigenvalue weighted by Crippen LogP contribution is 2.21. The maximum absolute atomic E-state index is 12.8. The quantitative estimate of drug-likeness (QED) is 0.415. The molecule has 2 aromatic heterocycles. The number of allylic oxidation sites excluding steroid dienone is 1. The van der Waals surface area contributed by atoms with E-state index in [1.54, 1.807) is 12.1 Å². The number of rotatable bonds is 9. The van der Waals surface area contributed by atoms with Gasteiger partial charge in [0.2, 0.25) is 11.7 Å². The van der Waals surface area contributed by atoms with Gasteiger partial charge in [0.1, 0.15) is 0 Å². The summed E-state index contributed by atoms with van der Waals surface area (Å²) >= 11 is 1.30. The van der Waals surface area contributed by atoms with Gasteiger partial charge in [-0.15, -0.1) is 16.8 Å². The van der Waals surface area contributed by atoms with Gasteiger partial charge in [-0.1, -0.05) is 43.8 Å². The maximum Gasteiger partial charge on any atom is 0.263 e. The fraction of sp³-hybridized carbons (Fsp3) is 0.429. The van der Waals surface area contributed by atoms with Crippen LogP contribution in [0.1, 0.15) is 13.8 Å². The number of fused-ring (bicyclic) bond motifs is 3. The number of carbonyl (C=O) groups is 1. The number of hydrogen-bond acceptors (Lipinski definition) is 6. The van der Waals surface area contributed by atoms with E-state index in [0.717, 1.165) is 12.1 Å². The Balaban J connectivity index is 1.83. The first kappa shape index (κ1) is 22.0. The Labute approximate surface area is 180 Å². The van der Waals surface area contributed by atoms with Crippen molar-refractivity contribution in [1.29, 1.82) is 0 Å². The summed E-state index contributed by atoms with van der Waals surface area (Å²) in [5.74, 6) is 0.592. The Morgan fingerprint density at radius 3 is 2.73 bits per heavy atom. The van der Waals surface area contributed by atoms with Gasteiger partial charge in [0.25, 0.3) is 5.56 Å². The lowest BCUT2D eigenvalue weighted by Gasteiger charge is -2.28. The highest BCUT2D eigenvalue weighted by Gasteiger charge is 2.21. The summed E-state index contributed by atoms with van der Waals surface area (Å²) in [7, 11) is 4.04. The first-order valence-electron chi connectivity index (χ1n) is 9.75. The molecule has 9 heteroatoms. The van der Waals surface area contributed by atoms with Gasteiger partial charge < -0.3 is 10.2 Å². The zero-order valence-electron chi connectivity index (χ0n) is 17.9. The van der Waals surface area contributed by atoms with Crippen LogP contribution in [0.4, 0.5) is 0 Å². The number of benzene rings is 1. The summed E-state index contributed by atoms with van der Waals surface area (Å²) in [6, 6.07) is 7.34. The van der Waals surface area contributed by atoms with E-state index < -0.39 is 0 Å². The van der Waals surface area contributed by atoms with Crippen LogP contribution in [-0.2, 0) is 11.3 Å². The molecular formula is C21H28N6O2S. The van der Waals surface area contributed by atoms with Gasteiger partial charge in [-0.2, -0.15) is 0 Å². The van der Waals surface area contributed by atoms with E-state index in [-0.39, 0.29) is 22.6 Å². The van der Waals surface area contributed by atoms with Crippen molar-refractivity contribution in [3.05, 3.63) is 47.3 Å². The van der Waals surface area contributed by atoms with Crippen LogP contribution in [0.5, 0.6) is 0 Å². The Kier molecular flexibility index (Phi) is 6.62. The molecule has 1 aromatic carbocycles. The van der Waals surface area contributed by atoms with E-state index in [1.165, 1.54) is 16.3 Å². The average Bonchev–Trinajstić information content (AvgIpc) is 3.11. The van der Waals surface area contributed by atoms with E-state index in [1.807, 2.05) is 36.7 Å². The van der Waals surface area contributed by atoms with Crippen LogP contribution in [0.15, 0.2) is 46.9 Å². The lowest BCUT2D eigenvalue weighted by Crippen LogP contribution is -2.40. The summed E-state index contributed by atoms with van der Waals surface area (Å²) in [5.41, 5.74) is 0.558. The first-order chi connectivity index (χ1) is 14.2. The number of hydrogen-bond donors (Lipinski definition) is 1. The molecule has 3 aromatic rings. The molecule has 30 heavy (non-hydrogen) atoms. The van der Waals surface area contributed by atoms with Gasteiger partial charge in [-0.3, -0.25) is 18.6 Å². The molecule has 0 radical (unpaired) electrons. The Bertz CT molecular complexity index is 1130. The zero-order chi connectivity index (χ0) is 21.9. The molecule has 1 amide bonds. The molecule has 3 rings (SSSR count). The molecule has 0 fully saturated rings. The normalized spacial score (nSPS) is 12.0. The Morgan fingerprint density at radius 1 is 1.30 bits per heavy atom. The molecule has 0 aliphatic rings. The van der Waals surface area contributed by atoms with Gasteiger partial charge in [0.15, 0.2) is 5.16 Å². The minimum Gasteiger partial charge on any atom is -0.355 e. The molecule has 8 nitrogen and oxygen atoms in total. The van der Waals surface area contributed by atoms with Gasteiger partial charge in [0.05, 0.1) is 16.7 Å². The fourth-order valence-electron chi connectivity index (χ4n) is 3.55. The number of thioether (sulfide) groups is 1. The van der Waals surface area contributed by atoms with Gasteiger partial charge >= 0.3 is 0 Å². The summed E-state index contributed by atoms with van der Waals surface area (Å²) in [6.07, 6.45) is 1.65. The average molecular weight is 429 g/mol. The lowest BCUT2D eigenvalue weighted by atomic mass is 9.93. The summed E-state index contributed by atoms with van der Waals surface area (Å²) < 4.78 is 3.37. The maximum atomic E-state index is 12.8. The third kappa shape index (κ3) is 4.73. The second-order valence-corrected chi connectivity index (χ2v) is 9.25. The predicted molar refractivity (Wildman–Crippen MR) is 121 cm³/mol. The summed E-state index contributed by atoms with van der Waals surface area (Å²) in [6.45, 7) is 9.77. The molecular weight excluding hydrogens is 400 g/mol. The molecule has 160 valence electrons. The number of nitrogens with zero attached hydrogens (tertiary/aromatic N) is 5. The number of nitrogens with one attached hydrogen (secondary N) is 1. The van der Waals surface area contributed by atoms with Crippen LogP contribution in [0.25, 0.3) is 16.7 Å². The molecule has 0 saturated heterocycles. The van der Waals surface area contributed by atoms with Crippen molar-refractivity contribution in [1.82, 2.24) is 29.4 Å². The highest BCUT2D eigenvalue weighted by molar-refractivity contribution is 7.99. The zero-order valence-corrected chi connectivity index (χ0v) is 18.7. The minimum atomic E-state index is -0.136. The molecule has 0 atom stereocenters. The van der Waals surface area contributed by atoms with E-state index in [0.29, 0.717) is 29.4 Å². The molecule has 0 unspecified atom stereocenters. The molecule has 0 saturated carbocycles. The molecule has 0 bridgehead atoms. The van der Waals surface area contributed by atoms with Crippen molar-refractivity contribution in [3.63, 3.8) is 0 Å². The van der Waals surface area contributed by atoms with Crippen molar-refractivity contribution >= 4 is 34.3 Å². The Morgan fingerprint density at radius 2 is 2.03 bits per heavy atom. The second kappa shape index (κ2) is 9.01. The molecule has 2 heterocycles. The van der Waals surface area contributed by atoms with E-state index in [4.69, 9.17) is 0 Å². The van der Waals surface area contributed by atoms with Crippen molar-refractivity contribution in [2.45, 2.75) is 25.5 Å². The van der Waals surface area contributed by atoms with Crippen LogP contribution in [0.2, 0.25) is 0 Å². The standard InChI is InChI=1S/C21H28N6O2S/c1-6-11-26-18(29)15-9-7-8-10-16(15)27-19(26)23-24-20(27)30-12-17(28)22-13-21(2,3)14-25(4)5/h6-10H,1,11-14H2,2-5H3,(H,22,28). The van der Waals surface area contributed by atoms with Crippen molar-refractivity contribution in [2.75, 3.05) is 32.9 Å². The highest BCUT2D eigenvalue weighted by atomic mass is 32.2. The SMILES string of the molecule is C=CCn1c(=O)c2ccccc2n2c(SCC(=O)NCC(C)(C)CN(C)C)nnc12. The largest absolute Gasteiger partial charge is 0.355 e. The third-order valence-electron chi connectivity index (χ3n) is 4.63. The molecule has 1 N–H and O–H groups in total. The Hall–Kier alpha value is -2.65. The van der Waals surface area contributed by atoms with Crippen molar-refractivity contribution < 1.29 is 4.79 Å². The number of carbonyl (C=O) groups excluding carboxylic acids is 1. The van der Waals surface area contributed by atoms with Crippen molar-refractivity contribution in [3.8, 4) is 0 Å². The van der Waals surface area contributed by atoms with Gasteiger partial charge in [0, 0.05) is 19.6 Å². The number of aromatic nitrogens is 4. The third-order valence-corrected chi connectivity index (χ3v) is 5.56. The van der Waals surface area contributed by atoms with Crippen LogP contribution < -0.4 is 10.9 Å². The number of para-hydroxylation sites is 1. The van der Waals surface area contributed by atoms with Crippen LogP contribution in [0, 0.1) is 5.41 Å². The molecule has 0 aliphatic heterocycles.